The molecule has 0 aliphatic heterocycles. The molecule has 10 heavy (non-hydrogen) atoms. The average molecular weight is 144 g/mol. The minimum absolute atomic E-state index is 0.0249. The van der Waals surface area contributed by atoms with Crippen molar-refractivity contribution in [2.45, 2.75) is 25.8 Å². The van der Waals surface area contributed by atoms with Gasteiger partial charge < -0.3 is 11.6 Å². The van der Waals surface area contributed by atoms with E-state index in [1.165, 1.54) is 0 Å². The second-order valence-corrected chi connectivity index (χ2v) is 2.13. The van der Waals surface area contributed by atoms with Gasteiger partial charge in [0, 0.05) is 12.5 Å². The van der Waals surface area contributed by atoms with E-state index in [4.69, 9.17) is 5.73 Å². The average Bonchev–Trinajstić information content (AvgIpc) is 1.85. The topological polar surface area (TPSA) is 93.8 Å². The first kappa shape index (κ1) is 9.03. The van der Waals surface area contributed by atoms with Gasteiger partial charge in [-0.25, -0.2) is 0 Å². The summed E-state index contributed by atoms with van der Waals surface area (Å²) < 4.78 is 0. The van der Waals surface area contributed by atoms with E-state index in [-0.39, 0.29) is 11.9 Å². The van der Waals surface area contributed by atoms with Gasteiger partial charge in [0.05, 0.1) is 0 Å². The van der Waals surface area contributed by atoms with Crippen LogP contribution in [0.15, 0.2) is 10.3 Å². The van der Waals surface area contributed by atoms with Crippen molar-refractivity contribution < 1.29 is 4.79 Å². The van der Waals surface area contributed by atoms with Crippen LogP contribution in [0.25, 0.3) is 0 Å². The van der Waals surface area contributed by atoms with Crippen LogP contribution in [0.3, 0.4) is 0 Å². The van der Waals surface area contributed by atoms with E-state index >= 15 is 0 Å². The molecule has 0 bridgehead atoms. The number of hydrogen-bond donors (Lipinski definition) is 2. The Balaban J connectivity index is 3.40. The van der Waals surface area contributed by atoms with Gasteiger partial charge in [-0.3, -0.25) is 4.79 Å². The predicted molar refractivity (Wildman–Crippen MR) is 36.9 cm³/mol. The Morgan fingerprint density at radius 3 is 2.70 bits per heavy atom. The minimum Gasteiger partial charge on any atom is -0.328 e. The van der Waals surface area contributed by atoms with Crippen LogP contribution in [0.2, 0.25) is 0 Å². The van der Waals surface area contributed by atoms with Crippen LogP contribution in [-0.4, -0.2) is 11.9 Å². The van der Waals surface area contributed by atoms with E-state index < -0.39 is 0 Å². The fraction of sp³-hybridized carbons (Fsp3) is 0.800. The first-order chi connectivity index (χ1) is 4.66. The predicted octanol–water partition coefficient (Wildman–Crippen LogP) is -0.0337. The lowest BCUT2D eigenvalue weighted by Gasteiger charge is -1.98. The molecule has 4 N–H and O–H groups in total. The molecule has 0 aromatic carbocycles. The van der Waals surface area contributed by atoms with Crippen LogP contribution in [0.1, 0.15) is 19.8 Å². The Morgan fingerprint density at radius 1 is 1.70 bits per heavy atom. The summed E-state index contributed by atoms with van der Waals surface area (Å²) in [5.41, 5.74) is 5.38. The Kier molecular flexibility index (Phi) is 4.39. The molecule has 0 aliphatic carbocycles. The van der Waals surface area contributed by atoms with E-state index in [9.17, 15) is 4.79 Å². The van der Waals surface area contributed by atoms with Gasteiger partial charge in [0.25, 0.3) is 5.91 Å². The smallest absolute Gasteiger partial charge is 0.266 e. The van der Waals surface area contributed by atoms with Crippen molar-refractivity contribution in [3.63, 3.8) is 0 Å². The second kappa shape index (κ2) is 4.87. The van der Waals surface area contributed by atoms with Crippen molar-refractivity contribution in [2.75, 3.05) is 0 Å². The van der Waals surface area contributed by atoms with E-state index in [0.717, 1.165) is 0 Å². The lowest BCUT2D eigenvalue weighted by atomic mass is 10.2. The van der Waals surface area contributed by atoms with Crippen molar-refractivity contribution in [3.8, 4) is 0 Å². The summed E-state index contributed by atoms with van der Waals surface area (Å²) >= 11 is 0. The van der Waals surface area contributed by atoms with Crippen LogP contribution in [0.4, 0.5) is 0 Å². The van der Waals surface area contributed by atoms with E-state index in [0.29, 0.717) is 12.8 Å². The maximum atomic E-state index is 10.6. The molecule has 0 heterocycles. The largest absolute Gasteiger partial charge is 0.328 e. The van der Waals surface area contributed by atoms with Gasteiger partial charge in [0.1, 0.15) is 0 Å². The molecule has 0 aromatic rings. The molecular weight excluding hydrogens is 132 g/mol. The highest BCUT2D eigenvalue weighted by atomic mass is 16.1. The third kappa shape index (κ3) is 5.17. The van der Waals surface area contributed by atoms with Gasteiger partial charge in [-0.2, -0.15) is 0 Å². The maximum Gasteiger partial charge on any atom is 0.266 e. The van der Waals surface area contributed by atoms with E-state index in [1.54, 1.807) is 0 Å². The van der Waals surface area contributed by atoms with Crippen molar-refractivity contribution in [1.29, 1.82) is 0 Å². The molecule has 1 amide bonds. The zero-order chi connectivity index (χ0) is 7.98. The molecule has 0 saturated carbocycles. The SMILES string of the molecule is C[C@@H](N)CCC(=O)N=NN. The second-order valence-electron chi connectivity index (χ2n) is 2.13. The van der Waals surface area contributed by atoms with Crippen LogP contribution in [0, 0.1) is 0 Å². The quantitative estimate of drug-likeness (QED) is 0.330. The molecule has 0 aromatic heterocycles. The summed E-state index contributed by atoms with van der Waals surface area (Å²) in [5, 5.41) is 5.95. The van der Waals surface area contributed by atoms with Crippen LogP contribution in [-0.2, 0) is 4.79 Å². The summed E-state index contributed by atoms with van der Waals surface area (Å²) in [6.07, 6.45) is 0.941. The highest BCUT2D eigenvalue weighted by Crippen LogP contribution is 1.94. The first-order valence-electron chi connectivity index (χ1n) is 3.06. The number of carbonyl (C=O) groups excluding carboxylic acids is 1. The molecule has 0 fully saturated rings. The molecule has 5 heteroatoms. The van der Waals surface area contributed by atoms with Crippen LogP contribution < -0.4 is 11.6 Å². The molecular formula is C5H12N4O. The molecule has 0 radical (unpaired) electrons. The summed E-state index contributed by atoms with van der Waals surface area (Å²) in [6, 6.07) is 0.0249. The zero-order valence-corrected chi connectivity index (χ0v) is 5.95. The van der Waals surface area contributed by atoms with Gasteiger partial charge in [-0.05, 0) is 13.3 Å². The highest BCUT2D eigenvalue weighted by Gasteiger charge is 2.00. The van der Waals surface area contributed by atoms with E-state index in [2.05, 4.69) is 16.2 Å². The number of nitrogens with zero attached hydrogens (tertiary/aromatic N) is 2. The third-order valence-corrected chi connectivity index (χ3v) is 0.983. The monoisotopic (exact) mass is 144 g/mol. The molecule has 58 valence electrons. The number of nitrogens with two attached hydrogens (primary N) is 2. The standard InChI is InChI=1S/C5H12N4O/c1-4(6)2-3-5(10)8-9-7/h4H,2-3,6H2,1H3,(H2,7,8,10)/t4-/m1/s1. The first-order valence-corrected chi connectivity index (χ1v) is 3.06. The lowest BCUT2D eigenvalue weighted by molar-refractivity contribution is -0.118. The summed E-state index contributed by atoms with van der Waals surface area (Å²) in [4.78, 5) is 10.6. The van der Waals surface area contributed by atoms with Gasteiger partial charge in [0.2, 0.25) is 0 Å². The van der Waals surface area contributed by atoms with Crippen molar-refractivity contribution >= 4 is 5.91 Å². The Hall–Kier alpha value is -0.970. The summed E-state index contributed by atoms with van der Waals surface area (Å²) in [5.74, 6) is 4.32. The molecule has 5 nitrogen and oxygen atoms in total. The number of rotatable bonds is 3. The summed E-state index contributed by atoms with van der Waals surface area (Å²) in [7, 11) is 0. The van der Waals surface area contributed by atoms with Crippen LogP contribution in [0.5, 0.6) is 0 Å². The molecule has 0 rings (SSSR count). The number of carbonyl (C=O) groups is 1. The highest BCUT2D eigenvalue weighted by molar-refractivity contribution is 5.76. The fourth-order valence-electron chi connectivity index (χ4n) is 0.466. The number of hydrogen-bond acceptors (Lipinski definition) is 3. The fourth-order valence-corrected chi connectivity index (χ4v) is 0.466. The normalized spacial score (nSPS) is 13.8. The molecule has 0 unspecified atom stereocenters. The van der Waals surface area contributed by atoms with Gasteiger partial charge in [0.15, 0.2) is 0 Å². The molecule has 1 atom stereocenters. The van der Waals surface area contributed by atoms with Gasteiger partial charge >= 0.3 is 0 Å². The number of amides is 1. The van der Waals surface area contributed by atoms with Crippen molar-refractivity contribution in [1.82, 2.24) is 0 Å². The molecule has 0 saturated heterocycles. The lowest BCUT2D eigenvalue weighted by Crippen LogP contribution is -2.15. The Bertz CT molecular complexity index is 132. The third-order valence-electron chi connectivity index (χ3n) is 0.983. The Morgan fingerprint density at radius 2 is 2.30 bits per heavy atom. The molecule has 0 aliphatic rings. The van der Waals surface area contributed by atoms with Crippen molar-refractivity contribution in [2.24, 2.45) is 21.9 Å². The Labute approximate surface area is 59.5 Å². The van der Waals surface area contributed by atoms with E-state index in [1.807, 2.05) is 6.92 Å². The molecule has 0 spiro atoms. The summed E-state index contributed by atoms with van der Waals surface area (Å²) in [6.45, 7) is 1.83. The minimum atomic E-state index is -0.320. The van der Waals surface area contributed by atoms with Crippen molar-refractivity contribution in [3.05, 3.63) is 0 Å². The van der Waals surface area contributed by atoms with Crippen LogP contribution >= 0.6 is 0 Å². The maximum absolute atomic E-state index is 10.6. The van der Waals surface area contributed by atoms with Gasteiger partial charge in [-0.15, -0.1) is 0 Å². The van der Waals surface area contributed by atoms with Gasteiger partial charge in [-0.1, -0.05) is 10.3 Å². The zero-order valence-electron chi connectivity index (χ0n) is 5.95.